The van der Waals surface area contributed by atoms with Crippen LogP contribution in [0.4, 0.5) is 30.6 Å². The van der Waals surface area contributed by atoms with Gasteiger partial charge in [-0.2, -0.15) is 28.4 Å². The van der Waals surface area contributed by atoms with Crippen LogP contribution in [0, 0.1) is 0 Å². The standard InChI is InChI=1S/C24H19ClF3N11O2/c1-29-18-11-39-15(6-30-18)16(8-33-39)41-17-7-31-21-20(19(17)25)37(3)23(35-21)34-14-4-12(24(26,27)28)9-38(22(14)40)13-5-32-36(2)10-13/h4-11,29H,1-3H3,(H,31,34,35). The van der Waals surface area contributed by atoms with Crippen LogP contribution in [-0.4, -0.2) is 50.5 Å². The highest BCUT2D eigenvalue weighted by Crippen LogP contribution is 2.37. The van der Waals surface area contributed by atoms with Gasteiger partial charge < -0.3 is 19.9 Å². The smallest absolute Gasteiger partial charge is 0.417 e. The lowest BCUT2D eigenvalue weighted by Gasteiger charge is -2.14. The van der Waals surface area contributed by atoms with Crippen LogP contribution < -0.4 is 20.9 Å². The number of ether oxygens (including phenoxy) is 1. The number of aryl methyl sites for hydroxylation is 2. The van der Waals surface area contributed by atoms with Crippen LogP contribution in [0.2, 0.25) is 5.02 Å². The van der Waals surface area contributed by atoms with Gasteiger partial charge in [-0.15, -0.1) is 0 Å². The Morgan fingerprint density at radius 1 is 1.00 bits per heavy atom. The Morgan fingerprint density at radius 3 is 2.51 bits per heavy atom. The second kappa shape index (κ2) is 9.51. The number of nitrogens with zero attached hydrogens (tertiary/aromatic N) is 9. The van der Waals surface area contributed by atoms with E-state index >= 15 is 0 Å². The Labute approximate surface area is 232 Å². The zero-order valence-electron chi connectivity index (χ0n) is 21.5. The summed E-state index contributed by atoms with van der Waals surface area (Å²) in [4.78, 5) is 26.1. The lowest BCUT2D eigenvalue weighted by molar-refractivity contribution is -0.137. The lowest BCUT2D eigenvalue weighted by Crippen LogP contribution is -2.24. The van der Waals surface area contributed by atoms with E-state index in [1.165, 1.54) is 34.0 Å². The van der Waals surface area contributed by atoms with Crippen LogP contribution >= 0.6 is 11.6 Å². The average Bonchev–Trinajstić information content (AvgIpc) is 3.63. The zero-order chi connectivity index (χ0) is 29.1. The van der Waals surface area contributed by atoms with E-state index in [9.17, 15) is 18.0 Å². The number of nitrogens with one attached hydrogen (secondary N) is 2. The van der Waals surface area contributed by atoms with E-state index in [1.807, 2.05) is 0 Å². The quantitative estimate of drug-likeness (QED) is 0.296. The van der Waals surface area contributed by atoms with Gasteiger partial charge in [0.15, 0.2) is 17.1 Å². The van der Waals surface area contributed by atoms with Crippen LogP contribution in [0.3, 0.4) is 0 Å². The number of anilines is 3. The second-order valence-corrected chi connectivity index (χ2v) is 9.26. The van der Waals surface area contributed by atoms with E-state index in [2.05, 4.69) is 35.8 Å². The van der Waals surface area contributed by atoms with E-state index in [1.54, 1.807) is 38.1 Å². The van der Waals surface area contributed by atoms with Crippen molar-refractivity contribution < 1.29 is 17.9 Å². The fourth-order valence-corrected chi connectivity index (χ4v) is 4.45. The Morgan fingerprint density at radius 2 is 1.80 bits per heavy atom. The number of pyridine rings is 2. The fourth-order valence-electron chi connectivity index (χ4n) is 4.15. The van der Waals surface area contributed by atoms with Crippen molar-refractivity contribution in [3.05, 3.63) is 70.4 Å². The molecule has 0 bridgehead atoms. The molecule has 0 radical (unpaired) electrons. The van der Waals surface area contributed by atoms with Crippen LogP contribution in [0.1, 0.15) is 5.56 Å². The topological polar surface area (TPSA) is 134 Å². The molecule has 0 aromatic carbocycles. The molecule has 0 saturated heterocycles. The molecule has 41 heavy (non-hydrogen) atoms. The lowest BCUT2D eigenvalue weighted by atomic mass is 10.2. The van der Waals surface area contributed by atoms with E-state index in [-0.39, 0.29) is 33.7 Å². The molecule has 0 aliphatic carbocycles. The summed E-state index contributed by atoms with van der Waals surface area (Å²) >= 11 is 6.67. The number of fused-ring (bicyclic) bond motifs is 2. The van der Waals surface area contributed by atoms with E-state index in [0.29, 0.717) is 22.6 Å². The molecular weight excluding hydrogens is 567 g/mol. The first-order chi connectivity index (χ1) is 19.5. The van der Waals surface area contributed by atoms with Gasteiger partial charge >= 0.3 is 6.18 Å². The number of hydrogen-bond acceptors (Lipinski definition) is 9. The minimum absolute atomic E-state index is 0.0282. The Bertz CT molecular complexity index is 2010. The molecular formula is C24H19ClF3N11O2. The van der Waals surface area contributed by atoms with E-state index in [0.717, 1.165) is 16.8 Å². The van der Waals surface area contributed by atoms with Crippen molar-refractivity contribution in [1.29, 1.82) is 0 Å². The van der Waals surface area contributed by atoms with Crippen molar-refractivity contribution in [2.24, 2.45) is 14.1 Å². The summed E-state index contributed by atoms with van der Waals surface area (Å²) in [7, 11) is 4.89. The minimum atomic E-state index is -4.72. The van der Waals surface area contributed by atoms with Crippen molar-refractivity contribution in [2.75, 3.05) is 17.7 Å². The third-order valence-corrected chi connectivity index (χ3v) is 6.58. The molecule has 6 rings (SSSR count). The summed E-state index contributed by atoms with van der Waals surface area (Å²) in [5, 5.41) is 14.0. The highest BCUT2D eigenvalue weighted by Gasteiger charge is 2.33. The van der Waals surface area contributed by atoms with Crippen LogP contribution in [0.15, 0.2) is 54.2 Å². The minimum Gasteiger partial charge on any atom is -0.450 e. The molecule has 6 aromatic rings. The maximum absolute atomic E-state index is 13.7. The van der Waals surface area contributed by atoms with Crippen LogP contribution in [0.5, 0.6) is 11.5 Å². The maximum Gasteiger partial charge on any atom is 0.417 e. The number of imidazole rings is 1. The highest BCUT2D eigenvalue weighted by atomic mass is 35.5. The molecule has 210 valence electrons. The number of alkyl halides is 3. The monoisotopic (exact) mass is 585 g/mol. The van der Waals surface area contributed by atoms with E-state index < -0.39 is 17.3 Å². The molecule has 0 aliphatic heterocycles. The Hall–Kier alpha value is -5.12. The molecule has 0 atom stereocenters. The summed E-state index contributed by atoms with van der Waals surface area (Å²) in [5.74, 6) is 1.18. The molecule has 2 N–H and O–H groups in total. The van der Waals surface area contributed by atoms with Gasteiger partial charge in [-0.1, -0.05) is 11.6 Å². The van der Waals surface area contributed by atoms with Gasteiger partial charge in [-0.05, 0) is 6.07 Å². The zero-order valence-corrected chi connectivity index (χ0v) is 22.2. The second-order valence-electron chi connectivity index (χ2n) is 8.88. The maximum atomic E-state index is 13.7. The summed E-state index contributed by atoms with van der Waals surface area (Å²) < 4.78 is 52.5. The number of hydrogen-bond donors (Lipinski definition) is 2. The fraction of sp³-hybridized carbons (Fsp3) is 0.167. The predicted molar refractivity (Wildman–Crippen MR) is 143 cm³/mol. The van der Waals surface area contributed by atoms with Crippen molar-refractivity contribution in [2.45, 2.75) is 6.18 Å². The van der Waals surface area contributed by atoms with Crippen molar-refractivity contribution in [1.82, 2.24) is 43.5 Å². The molecule has 0 spiro atoms. The molecule has 0 fully saturated rings. The Kier molecular flexibility index (Phi) is 6.06. The molecule has 6 aromatic heterocycles. The van der Waals surface area contributed by atoms with Gasteiger partial charge in [-0.3, -0.25) is 14.0 Å². The molecule has 13 nitrogen and oxygen atoms in total. The van der Waals surface area contributed by atoms with Gasteiger partial charge in [0.1, 0.15) is 27.6 Å². The van der Waals surface area contributed by atoms with E-state index in [4.69, 9.17) is 16.3 Å². The van der Waals surface area contributed by atoms with Gasteiger partial charge in [-0.25, -0.2) is 14.5 Å². The SMILES string of the molecule is CNc1cn2ncc(Oc3cnc4nc(Nc5cc(C(F)(F)F)cn(-c6cnn(C)c6)c5=O)n(C)c4c3Cl)c2cn1. The normalized spacial score (nSPS) is 11.9. The molecule has 0 unspecified atom stereocenters. The highest BCUT2D eigenvalue weighted by molar-refractivity contribution is 6.36. The molecule has 0 amide bonds. The summed E-state index contributed by atoms with van der Waals surface area (Å²) in [6, 6.07) is 0.719. The van der Waals surface area contributed by atoms with Gasteiger partial charge in [0.05, 0.1) is 42.2 Å². The van der Waals surface area contributed by atoms with Crippen LogP contribution in [0.25, 0.3) is 22.4 Å². The molecule has 0 aliphatic rings. The average molecular weight is 586 g/mol. The van der Waals surface area contributed by atoms with Gasteiger partial charge in [0.25, 0.3) is 5.56 Å². The predicted octanol–water partition coefficient (Wildman–Crippen LogP) is 4.15. The largest absolute Gasteiger partial charge is 0.450 e. The summed E-state index contributed by atoms with van der Waals surface area (Å²) in [6.45, 7) is 0. The first kappa shape index (κ1) is 26.1. The van der Waals surface area contributed by atoms with Gasteiger partial charge in [0.2, 0.25) is 5.95 Å². The first-order valence-electron chi connectivity index (χ1n) is 11.8. The molecule has 6 heterocycles. The third kappa shape index (κ3) is 4.57. The summed E-state index contributed by atoms with van der Waals surface area (Å²) in [5.41, 5.74) is -0.932. The first-order valence-corrected chi connectivity index (χ1v) is 12.2. The number of aromatic nitrogens is 9. The summed E-state index contributed by atoms with van der Waals surface area (Å²) in [6.07, 6.45) is 4.81. The number of rotatable bonds is 6. The molecule has 0 saturated carbocycles. The molecule has 17 heteroatoms. The van der Waals surface area contributed by atoms with Crippen molar-refractivity contribution >= 4 is 45.7 Å². The van der Waals surface area contributed by atoms with Crippen molar-refractivity contribution in [3.63, 3.8) is 0 Å². The Balaban J connectivity index is 1.39. The third-order valence-electron chi connectivity index (χ3n) is 6.21. The number of halogens is 4. The van der Waals surface area contributed by atoms with Crippen molar-refractivity contribution in [3.8, 4) is 17.2 Å². The van der Waals surface area contributed by atoms with Gasteiger partial charge in [0, 0.05) is 33.5 Å². The van der Waals surface area contributed by atoms with Crippen LogP contribution in [-0.2, 0) is 20.3 Å².